The molecule has 0 bridgehead atoms. The lowest BCUT2D eigenvalue weighted by atomic mass is 9.87. The average Bonchev–Trinajstić information content (AvgIpc) is 2.82. The summed E-state index contributed by atoms with van der Waals surface area (Å²) in [5.74, 6) is -0.157. The molecular formula is C27H35N3O3. The number of likely N-dealkylation sites (tertiary alicyclic amines) is 1. The van der Waals surface area contributed by atoms with E-state index in [-0.39, 0.29) is 35.6 Å². The zero-order valence-corrected chi connectivity index (χ0v) is 20.0. The topological polar surface area (TPSA) is 78.5 Å². The van der Waals surface area contributed by atoms with Crippen LogP contribution < -0.4 is 10.6 Å². The third kappa shape index (κ3) is 6.21. The van der Waals surface area contributed by atoms with Crippen molar-refractivity contribution in [3.05, 3.63) is 71.3 Å². The summed E-state index contributed by atoms with van der Waals surface area (Å²) in [6.45, 7) is 9.09. The van der Waals surface area contributed by atoms with Crippen molar-refractivity contribution in [1.29, 1.82) is 0 Å². The van der Waals surface area contributed by atoms with Gasteiger partial charge in [-0.05, 0) is 62.3 Å². The van der Waals surface area contributed by atoms with E-state index in [1.807, 2.05) is 67.3 Å². The first-order chi connectivity index (χ1) is 15.8. The number of hydrogen-bond acceptors (Lipinski definition) is 3. The molecule has 0 radical (unpaired) electrons. The van der Waals surface area contributed by atoms with E-state index in [1.54, 1.807) is 6.07 Å². The lowest BCUT2D eigenvalue weighted by Crippen LogP contribution is -2.55. The Balaban J connectivity index is 1.72. The van der Waals surface area contributed by atoms with Crippen LogP contribution in [0.4, 0.5) is 0 Å². The highest BCUT2D eigenvalue weighted by molar-refractivity contribution is 5.99. The first-order valence-electron chi connectivity index (χ1n) is 11.8. The van der Waals surface area contributed by atoms with Crippen molar-refractivity contribution in [2.75, 3.05) is 13.1 Å². The molecule has 6 nitrogen and oxygen atoms in total. The molecular weight excluding hydrogens is 414 g/mol. The smallest absolute Gasteiger partial charge is 0.253 e. The normalized spacial score (nSPS) is 16.2. The highest BCUT2D eigenvalue weighted by Gasteiger charge is 2.35. The molecule has 0 spiro atoms. The number of nitrogens with one attached hydrogen (secondary N) is 2. The SMILES string of the molecule is Cc1ccccc1C(=O)N[C@@H](C(=O)N[C@@H](C)C(C)C)C1CCN(C(=O)c2ccccc2)CC1. The van der Waals surface area contributed by atoms with Gasteiger partial charge in [0.05, 0.1) is 0 Å². The Hall–Kier alpha value is -3.15. The second kappa shape index (κ2) is 11.1. The van der Waals surface area contributed by atoms with Gasteiger partial charge in [0.2, 0.25) is 5.91 Å². The number of rotatable bonds is 7. The van der Waals surface area contributed by atoms with Gasteiger partial charge in [-0.25, -0.2) is 0 Å². The van der Waals surface area contributed by atoms with Gasteiger partial charge in [0, 0.05) is 30.3 Å². The van der Waals surface area contributed by atoms with Crippen LogP contribution >= 0.6 is 0 Å². The third-order valence-corrected chi connectivity index (χ3v) is 6.65. The van der Waals surface area contributed by atoms with E-state index in [2.05, 4.69) is 24.5 Å². The van der Waals surface area contributed by atoms with Gasteiger partial charge in [-0.2, -0.15) is 0 Å². The molecule has 3 rings (SSSR count). The number of aryl methyl sites for hydroxylation is 1. The molecule has 0 aromatic heterocycles. The standard InChI is InChI=1S/C27H35N3O3/c1-18(2)20(4)28-26(32)24(29-25(31)23-13-9-8-10-19(23)3)21-14-16-30(17-15-21)27(33)22-11-6-5-7-12-22/h5-13,18,20-21,24H,14-17H2,1-4H3,(H,28,32)(H,29,31)/t20-,24+/m0/s1. The van der Waals surface area contributed by atoms with E-state index in [9.17, 15) is 14.4 Å². The van der Waals surface area contributed by atoms with E-state index >= 15 is 0 Å². The molecule has 2 aromatic rings. The molecule has 2 N–H and O–H groups in total. The quantitative estimate of drug-likeness (QED) is 0.675. The molecule has 0 aliphatic carbocycles. The van der Waals surface area contributed by atoms with Crippen molar-refractivity contribution in [2.45, 2.75) is 52.6 Å². The maximum Gasteiger partial charge on any atom is 0.253 e. The Morgan fingerprint density at radius 3 is 2.09 bits per heavy atom. The van der Waals surface area contributed by atoms with E-state index < -0.39 is 6.04 Å². The van der Waals surface area contributed by atoms with E-state index in [0.29, 0.717) is 37.1 Å². The van der Waals surface area contributed by atoms with Gasteiger partial charge < -0.3 is 15.5 Å². The summed E-state index contributed by atoms with van der Waals surface area (Å²) in [6.07, 6.45) is 1.31. The van der Waals surface area contributed by atoms with Crippen LogP contribution in [0, 0.1) is 18.8 Å². The first-order valence-corrected chi connectivity index (χ1v) is 11.8. The predicted octanol–water partition coefficient (Wildman–Crippen LogP) is 3.81. The van der Waals surface area contributed by atoms with Gasteiger partial charge in [0.15, 0.2) is 0 Å². The number of carbonyl (C=O) groups is 3. The van der Waals surface area contributed by atoms with Crippen molar-refractivity contribution in [1.82, 2.24) is 15.5 Å². The fourth-order valence-corrected chi connectivity index (χ4v) is 4.12. The van der Waals surface area contributed by atoms with Crippen LogP contribution in [-0.2, 0) is 4.79 Å². The Kier molecular flexibility index (Phi) is 8.26. The molecule has 1 aliphatic rings. The highest BCUT2D eigenvalue weighted by atomic mass is 16.2. The van der Waals surface area contributed by atoms with Crippen molar-refractivity contribution < 1.29 is 14.4 Å². The molecule has 3 amide bonds. The average molecular weight is 450 g/mol. The third-order valence-electron chi connectivity index (χ3n) is 6.65. The highest BCUT2D eigenvalue weighted by Crippen LogP contribution is 2.23. The zero-order valence-electron chi connectivity index (χ0n) is 20.0. The van der Waals surface area contributed by atoms with Gasteiger partial charge in [-0.15, -0.1) is 0 Å². The van der Waals surface area contributed by atoms with Crippen LogP contribution in [0.15, 0.2) is 54.6 Å². The summed E-state index contributed by atoms with van der Waals surface area (Å²) < 4.78 is 0. The second-order valence-corrected chi connectivity index (χ2v) is 9.30. The summed E-state index contributed by atoms with van der Waals surface area (Å²) in [5.41, 5.74) is 2.11. The number of piperidine rings is 1. The molecule has 1 aliphatic heterocycles. The minimum atomic E-state index is -0.646. The maximum atomic E-state index is 13.2. The van der Waals surface area contributed by atoms with E-state index in [1.165, 1.54) is 0 Å². The molecule has 1 fully saturated rings. The van der Waals surface area contributed by atoms with Crippen LogP contribution in [-0.4, -0.2) is 47.8 Å². The molecule has 0 unspecified atom stereocenters. The number of carbonyl (C=O) groups excluding carboxylic acids is 3. The van der Waals surface area contributed by atoms with Crippen molar-refractivity contribution in [2.24, 2.45) is 11.8 Å². The lowest BCUT2D eigenvalue weighted by molar-refractivity contribution is -0.125. The Morgan fingerprint density at radius 1 is 0.879 bits per heavy atom. The van der Waals surface area contributed by atoms with Crippen molar-refractivity contribution in [3.63, 3.8) is 0 Å². The monoisotopic (exact) mass is 449 g/mol. The summed E-state index contributed by atoms with van der Waals surface area (Å²) >= 11 is 0. The molecule has 6 heteroatoms. The molecule has 1 saturated heterocycles. The van der Waals surface area contributed by atoms with E-state index in [4.69, 9.17) is 0 Å². The largest absolute Gasteiger partial charge is 0.352 e. The van der Waals surface area contributed by atoms with Gasteiger partial charge in [0.1, 0.15) is 6.04 Å². The number of benzene rings is 2. The summed E-state index contributed by atoms with van der Waals surface area (Å²) in [4.78, 5) is 40.9. The number of nitrogens with zero attached hydrogens (tertiary/aromatic N) is 1. The van der Waals surface area contributed by atoms with Crippen LogP contribution in [0.5, 0.6) is 0 Å². The first kappa shape index (κ1) is 24.5. The van der Waals surface area contributed by atoms with Crippen LogP contribution in [0.1, 0.15) is 59.9 Å². The number of amides is 3. The van der Waals surface area contributed by atoms with Gasteiger partial charge in [-0.1, -0.05) is 50.2 Å². The van der Waals surface area contributed by atoms with Gasteiger partial charge in [0.25, 0.3) is 11.8 Å². The van der Waals surface area contributed by atoms with Gasteiger partial charge >= 0.3 is 0 Å². The zero-order chi connectivity index (χ0) is 24.0. The number of hydrogen-bond donors (Lipinski definition) is 2. The Morgan fingerprint density at radius 2 is 1.48 bits per heavy atom. The van der Waals surface area contributed by atoms with E-state index in [0.717, 1.165) is 5.56 Å². The predicted molar refractivity (Wildman–Crippen MR) is 130 cm³/mol. The van der Waals surface area contributed by atoms with Crippen molar-refractivity contribution in [3.8, 4) is 0 Å². The molecule has 176 valence electrons. The Labute approximate surface area is 196 Å². The minimum absolute atomic E-state index is 0.00453. The fraction of sp³-hybridized carbons (Fsp3) is 0.444. The fourth-order valence-electron chi connectivity index (χ4n) is 4.12. The minimum Gasteiger partial charge on any atom is -0.352 e. The van der Waals surface area contributed by atoms with Crippen LogP contribution in [0.2, 0.25) is 0 Å². The lowest BCUT2D eigenvalue weighted by Gasteiger charge is -2.36. The van der Waals surface area contributed by atoms with Crippen molar-refractivity contribution >= 4 is 17.7 Å². The Bertz CT molecular complexity index is 966. The summed E-state index contributed by atoms with van der Waals surface area (Å²) in [7, 11) is 0. The molecule has 1 heterocycles. The molecule has 2 atom stereocenters. The molecule has 2 aromatic carbocycles. The summed E-state index contributed by atoms with van der Waals surface area (Å²) in [6, 6.07) is 16.0. The molecule has 0 saturated carbocycles. The second-order valence-electron chi connectivity index (χ2n) is 9.30. The molecule has 33 heavy (non-hydrogen) atoms. The summed E-state index contributed by atoms with van der Waals surface area (Å²) in [5, 5.41) is 6.08. The maximum absolute atomic E-state index is 13.2. The van der Waals surface area contributed by atoms with Gasteiger partial charge in [-0.3, -0.25) is 14.4 Å². The van der Waals surface area contributed by atoms with Crippen LogP contribution in [0.25, 0.3) is 0 Å². The van der Waals surface area contributed by atoms with Crippen LogP contribution in [0.3, 0.4) is 0 Å².